The maximum Gasteiger partial charge on any atom is 0.246 e. The van der Waals surface area contributed by atoms with Crippen LogP contribution in [0, 0.1) is 5.92 Å². The number of amides is 1. The van der Waals surface area contributed by atoms with Gasteiger partial charge in [0.1, 0.15) is 11.8 Å². The molecule has 140 valence electrons. The van der Waals surface area contributed by atoms with Crippen LogP contribution in [0.25, 0.3) is 0 Å². The normalized spacial score (nSPS) is 19.4. The van der Waals surface area contributed by atoms with Crippen molar-refractivity contribution in [2.75, 3.05) is 30.8 Å². The van der Waals surface area contributed by atoms with Gasteiger partial charge >= 0.3 is 0 Å². The van der Waals surface area contributed by atoms with Gasteiger partial charge in [0.2, 0.25) is 15.9 Å². The monoisotopic (exact) mass is 388 g/mol. The Bertz CT molecular complexity index is 738. The fraction of sp³-hybridized carbons (Fsp3) is 0.588. The standard InChI is InChI=1S/C17H25ClN2O4S/c1-12-6-5-9-19(11-12)17(21)13(2)20(25(4,22)23)14-7-8-16(24-3)15(18)10-14/h7-8,10,12-13H,5-6,9,11H2,1-4H3/t12-,13+/m0/s1. The lowest BCUT2D eigenvalue weighted by atomic mass is 10.00. The number of sulfonamides is 1. The second-order valence-electron chi connectivity index (χ2n) is 6.59. The number of hydrogen-bond donors (Lipinski definition) is 0. The van der Waals surface area contributed by atoms with Crippen LogP contribution in [0.3, 0.4) is 0 Å². The molecule has 0 aliphatic carbocycles. The molecule has 1 aliphatic heterocycles. The number of carbonyl (C=O) groups excluding carboxylic acids is 1. The summed E-state index contributed by atoms with van der Waals surface area (Å²) in [6.45, 7) is 5.03. The highest BCUT2D eigenvalue weighted by atomic mass is 35.5. The van der Waals surface area contributed by atoms with E-state index in [2.05, 4.69) is 6.92 Å². The second kappa shape index (κ2) is 7.83. The van der Waals surface area contributed by atoms with Gasteiger partial charge in [-0.2, -0.15) is 0 Å². The molecule has 0 unspecified atom stereocenters. The number of hydrogen-bond acceptors (Lipinski definition) is 4. The number of anilines is 1. The minimum absolute atomic E-state index is 0.191. The van der Waals surface area contributed by atoms with E-state index in [0.29, 0.717) is 35.5 Å². The van der Waals surface area contributed by atoms with Crippen LogP contribution in [0.2, 0.25) is 5.02 Å². The summed E-state index contributed by atoms with van der Waals surface area (Å²) >= 11 is 6.13. The van der Waals surface area contributed by atoms with Crippen LogP contribution < -0.4 is 9.04 Å². The molecule has 0 aromatic heterocycles. The Hall–Kier alpha value is -1.47. The van der Waals surface area contributed by atoms with Gasteiger partial charge in [0, 0.05) is 13.1 Å². The summed E-state index contributed by atoms with van der Waals surface area (Å²) in [5, 5.41) is 0.292. The predicted molar refractivity (Wildman–Crippen MR) is 99.8 cm³/mol. The highest BCUT2D eigenvalue weighted by molar-refractivity contribution is 7.92. The summed E-state index contributed by atoms with van der Waals surface area (Å²) in [5.74, 6) is 0.679. The molecular formula is C17H25ClN2O4S. The molecule has 0 bridgehead atoms. The van der Waals surface area contributed by atoms with Crippen molar-refractivity contribution in [1.29, 1.82) is 0 Å². The third-order valence-electron chi connectivity index (χ3n) is 4.42. The lowest BCUT2D eigenvalue weighted by Gasteiger charge is -2.36. The number of benzene rings is 1. The summed E-state index contributed by atoms with van der Waals surface area (Å²) in [6, 6.07) is 3.85. The first-order chi connectivity index (χ1) is 11.6. The van der Waals surface area contributed by atoms with Crippen molar-refractivity contribution in [3.8, 4) is 5.75 Å². The zero-order valence-electron chi connectivity index (χ0n) is 15.0. The number of piperidine rings is 1. The Morgan fingerprint density at radius 3 is 2.64 bits per heavy atom. The summed E-state index contributed by atoms with van der Waals surface area (Å²) in [5.41, 5.74) is 0.346. The van der Waals surface area contributed by atoms with Crippen LogP contribution in [0.1, 0.15) is 26.7 Å². The molecule has 1 amide bonds. The Labute approximate surface area is 154 Å². The SMILES string of the molecule is COc1ccc(N([C@H](C)C(=O)N2CCC[C@H](C)C2)S(C)(=O)=O)cc1Cl. The third kappa shape index (κ3) is 4.58. The lowest BCUT2D eigenvalue weighted by molar-refractivity contribution is -0.133. The summed E-state index contributed by atoms with van der Waals surface area (Å²) in [7, 11) is -2.18. The molecular weight excluding hydrogens is 364 g/mol. The number of methoxy groups -OCH3 is 1. The topological polar surface area (TPSA) is 66.9 Å². The molecule has 0 radical (unpaired) electrons. The summed E-state index contributed by atoms with van der Waals surface area (Å²) in [4.78, 5) is 14.6. The minimum atomic E-state index is -3.66. The first-order valence-corrected chi connectivity index (χ1v) is 10.5. The number of rotatable bonds is 5. The van der Waals surface area contributed by atoms with Gasteiger partial charge in [-0.15, -0.1) is 0 Å². The van der Waals surface area contributed by atoms with E-state index in [4.69, 9.17) is 16.3 Å². The highest BCUT2D eigenvalue weighted by Crippen LogP contribution is 2.31. The third-order valence-corrected chi connectivity index (χ3v) is 5.96. The Balaban J connectivity index is 2.34. The van der Waals surface area contributed by atoms with Gasteiger partial charge in [-0.3, -0.25) is 9.10 Å². The molecule has 1 saturated heterocycles. The van der Waals surface area contributed by atoms with Gasteiger partial charge in [-0.25, -0.2) is 8.42 Å². The molecule has 1 aliphatic rings. The second-order valence-corrected chi connectivity index (χ2v) is 8.85. The molecule has 25 heavy (non-hydrogen) atoms. The molecule has 1 fully saturated rings. The zero-order chi connectivity index (χ0) is 18.8. The first-order valence-electron chi connectivity index (χ1n) is 8.27. The smallest absolute Gasteiger partial charge is 0.246 e. The largest absolute Gasteiger partial charge is 0.495 e. The Morgan fingerprint density at radius 1 is 1.44 bits per heavy atom. The van der Waals surface area contributed by atoms with Crippen LogP contribution in [0.5, 0.6) is 5.75 Å². The fourth-order valence-electron chi connectivity index (χ4n) is 3.25. The summed E-state index contributed by atoms with van der Waals surface area (Å²) in [6.07, 6.45) is 3.11. The van der Waals surface area contributed by atoms with Gasteiger partial charge < -0.3 is 9.64 Å². The van der Waals surface area contributed by atoms with Crippen molar-refractivity contribution in [3.05, 3.63) is 23.2 Å². The van der Waals surface area contributed by atoms with Crippen LogP contribution >= 0.6 is 11.6 Å². The van der Waals surface area contributed by atoms with Gasteiger partial charge in [-0.1, -0.05) is 18.5 Å². The van der Waals surface area contributed by atoms with Crippen molar-refractivity contribution in [1.82, 2.24) is 4.90 Å². The van der Waals surface area contributed by atoms with Gasteiger partial charge in [0.15, 0.2) is 0 Å². The van der Waals surface area contributed by atoms with Crippen LogP contribution in [0.4, 0.5) is 5.69 Å². The number of likely N-dealkylation sites (tertiary alicyclic amines) is 1. The van der Waals surface area contributed by atoms with E-state index in [9.17, 15) is 13.2 Å². The average Bonchev–Trinajstić information content (AvgIpc) is 2.53. The van der Waals surface area contributed by atoms with E-state index in [1.165, 1.54) is 13.2 Å². The summed E-state index contributed by atoms with van der Waals surface area (Å²) < 4.78 is 31.0. The van der Waals surface area contributed by atoms with E-state index in [-0.39, 0.29) is 5.91 Å². The van der Waals surface area contributed by atoms with Crippen molar-refractivity contribution in [2.45, 2.75) is 32.7 Å². The number of carbonyl (C=O) groups is 1. The molecule has 1 heterocycles. The highest BCUT2D eigenvalue weighted by Gasteiger charge is 2.33. The van der Waals surface area contributed by atoms with E-state index >= 15 is 0 Å². The molecule has 0 saturated carbocycles. The Morgan fingerprint density at radius 2 is 2.12 bits per heavy atom. The lowest BCUT2D eigenvalue weighted by Crippen LogP contribution is -2.51. The maximum atomic E-state index is 12.9. The maximum absolute atomic E-state index is 12.9. The molecule has 2 rings (SSSR count). The van der Waals surface area contributed by atoms with E-state index in [0.717, 1.165) is 23.4 Å². The zero-order valence-corrected chi connectivity index (χ0v) is 16.6. The van der Waals surface area contributed by atoms with Crippen LogP contribution in [0.15, 0.2) is 18.2 Å². The van der Waals surface area contributed by atoms with Crippen LogP contribution in [-0.2, 0) is 14.8 Å². The molecule has 2 atom stereocenters. The minimum Gasteiger partial charge on any atom is -0.495 e. The quantitative estimate of drug-likeness (QED) is 0.777. The van der Waals surface area contributed by atoms with Gasteiger partial charge in [-0.05, 0) is 43.9 Å². The van der Waals surface area contributed by atoms with Crippen molar-refractivity contribution in [2.24, 2.45) is 5.92 Å². The number of nitrogens with zero attached hydrogens (tertiary/aromatic N) is 2. The molecule has 6 nitrogen and oxygen atoms in total. The number of ether oxygens (including phenoxy) is 1. The van der Waals surface area contributed by atoms with Crippen molar-refractivity contribution >= 4 is 33.2 Å². The van der Waals surface area contributed by atoms with E-state index < -0.39 is 16.1 Å². The van der Waals surface area contributed by atoms with E-state index in [1.54, 1.807) is 24.0 Å². The number of halogens is 1. The van der Waals surface area contributed by atoms with Crippen molar-refractivity contribution in [3.63, 3.8) is 0 Å². The fourth-order valence-corrected chi connectivity index (χ4v) is 4.66. The Kier molecular flexibility index (Phi) is 6.21. The molecule has 8 heteroatoms. The van der Waals surface area contributed by atoms with Crippen molar-refractivity contribution < 1.29 is 17.9 Å². The predicted octanol–water partition coefficient (Wildman–Crippen LogP) is 2.76. The molecule has 1 aromatic carbocycles. The van der Waals surface area contributed by atoms with Gasteiger partial charge in [0.25, 0.3) is 0 Å². The van der Waals surface area contributed by atoms with Crippen LogP contribution in [-0.4, -0.2) is 51.7 Å². The van der Waals surface area contributed by atoms with Gasteiger partial charge in [0.05, 0.1) is 24.1 Å². The molecule has 0 N–H and O–H groups in total. The van der Waals surface area contributed by atoms with E-state index in [1.807, 2.05) is 0 Å². The molecule has 0 spiro atoms. The first kappa shape index (κ1) is 19.8. The average molecular weight is 389 g/mol. The molecule has 1 aromatic rings.